The third-order valence-electron chi connectivity index (χ3n) is 4.61. The maximum atomic E-state index is 13.1. The van der Waals surface area contributed by atoms with Crippen LogP contribution in [0.1, 0.15) is 37.8 Å². The molecule has 0 spiro atoms. The van der Waals surface area contributed by atoms with Gasteiger partial charge < -0.3 is 14.6 Å². The van der Waals surface area contributed by atoms with Crippen LogP contribution in [0.15, 0.2) is 27.8 Å². The molecular weight excluding hydrogens is 424 g/mol. The summed E-state index contributed by atoms with van der Waals surface area (Å²) in [7, 11) is 3.85. The number of nitro groups is 1. The first-order valence-electron chi connectivity index (χ1n) is 9.55. The first-order valence-corrected chi connectivity index (χ1v) is 9.55. The molecule has 0 aliphatic heterocycles. The number of amides is 1. The van der Waals surface area contributed by atoms with E-state index in [0.29, 0.717) is 0 Å². The molecule has 0 saturated heterocycles. The summed E-state index contributed by atoms with van der Waals surface area (Å²) in [6, 6.07) is 4.02. The van der Waals surface area contributed by atoms with Crippen LogP contribution in [0.2, 0.25) is 0 Å². The molecule has 1 atom stereocenters. The minimum atomic E-state index is -1.19. The molecular formula is C20H26N4O8. The molecule has 0 bridgehead atoms. The zero-order valence-corrected chi connectivity index (χ0v) is 18.7. The standard InChI is InChI=1S/C20H26N4O8/c1-20(2,3)32-18(27)21-16-15(17(26)23(5)19(28)22(16)4)12(10-24(29)30)11-7-8-13(25)14(9-11)31-6/h7-9,12,25H,10H2,1-6H3,(H,21,27). The Morgan fingerprint density at radius 2 is 1.88 bits per heavy atom. The van der Waals surface area contributed by atoms with E-state index in [1.807, 2.05) is 0 Å². The third kappa shape index (κ3) is 5.25. The van der Waals surface area contributed by atoms with Gasteiger partial charge in [0, 0.05) is 19.0 Å². The predicted octanol–water partition coefficient (Wildman–Crippen LogP) is 1.55. The minimum Gasteiger partial charge on any atom is -0.504 e. The number of phenolic OH excluding ortho intramolecular Hbond substituents is 1. The first kappa shape index (κ1) is 24.4. The summed E-state index contributed by atoms with van der Waals surface area (Å²) in [5.41, 5.74) is -2.36. The number of phenols is 1. The fourth-order valence-electron chi connectivity index (χ4n) is 3.16. The predicted molar refractivity (Wildman–Crippen MR) is 115 cm³/mol. The summed E-state index contributed by atoms with van der Waals surface area (Å²) in [6.45, 7) is 4.17. The van der Waals surface area contributed by atoms with E-state index in [1.165, 1.54) is 39.4 Å². The SMILES string of the molecule is COc1cc(C(C[N+](=O)[O-])c2c(NC(=O)OC(C)(C)C)n(C)c(=O)n(C)c2=O)ccc1O. The van der Waals surface area contributed by atoms with Gasteiger partial charge in [0.05, 0.1) is 18.6 Å². The Kier molecular flexibility index (Phi) is 6.97. The Bertz CT molecular complexity index is 1160. The van der Waals surface area contributed by atoms with Gasteiger partial charge in [0.15, 0.2) is 11.5 Å². The van der Waals surface area contributed by atoms with E-state index in [2.05, 4.69) is 5.32 Å². The fraction of sp³-hybridized carbons (Fsp3) is 0.450. The molecule has 1 aromatic carbocycles. The summed E-state index contributed by atoms with van der Waals surface area (Å²) < 4.78 is 12.1. The van der Waals surface area contributed by atoms with Gasteiger partial charge in [-0.15, -0.1) is 0 Å². The van der Waals surface area contributed by atoms with Crippen LogP contribution in [0.5, 0.6) is 11.5 Å². The van der Waals surface area contributed by atoms with Crippen LogP contribution >= 0.6 is 0 Å². The molecule has 1 aromatic heterocycles. The lowest BCUT2D eigenvalue weighted by Crippen LogP contribution is -2.43. The van der Waals surface area contributed by atoms with Crippen molar-refractivity contribution in [1.29, 1.82) is 0 Å². The number of benzene rings is 1. The molecule has 1 unspecified atom stereocenters. The Balaban J connectivity index is 2.80. The van der Waals surface area contributed by atoms with Gasteiger partial charge in [0.2, 0.25) is 6.54 Å². The Hall–Kier alpha value is -3.83. The number of anilines is 1. The largest absolute Gasteiger partial charge is 0.504 e. The van der Waals surface area contributed by atoms with Crippen molar-refractivity contribution in [3.05, 3.63) is 60.3 Å². The monoisotopic (exact) mass is 450 g/mol. The minimum absolute atomic E-state index is 0.0409. The molecule has 12 heteroatoms. The number of carbonyl (C=O) groups excluding carboxylic acids is 1. The molecule has 32 heavy (non-hydrogen) atoms. The van der Waals surface area contributed by atoms with Gasteiger partial charge in [-0.3, -0.25) is 29.4 Å². The van der Waals surface area contributed by atoms with Gasteiger partial charge in [-0.25, -0.2) is 9.59 Å². The van der Waals surface area contributed by atoms with Crippen molar-refractivity contribution < 1.29 is 24.3 Å². The molecule has 2 N–H and O–H groups in total. The molecule has 0 fully saturated rings. The summed E-state index contributed by atoms with van der Waals surface area (Å²) in [5.74, 6) is -1.57. The van der Waals surface area contributed by atoms with Crippen molar-refractivity contribution in [2.45, 2.75) is 32.3 Å². The number of carbonyl (C=O) groups is 1. The smallest absolute Gasteiger partial charge is 0.413 e. The maximum absolute atomic E-state index is 13.1. The molecule has 1 amide bonds. The van der Waals surface area contributed by atoms with Crippen LogP contribution in [0.25, 0.3) is 0 Å². The van der Waals surface area contributed by atoms with Crippen molar-refractivity contribution in [3.63, 3.8) is 0 Å². The van der Waals surface area contributed by atoms with Gasteiger partial charge in [0.25, 0.3) is 5.56 Å². The number of hydrogen-bond acceptors (Lipinski definition) is 8. The van der Waals surface area contributed by atoms with Crippen LogP contribution in [-0.2, 0) is 18.8 Å². The molecule has 0 aliphatic rings. The summed E-state index contributed by atoms with van der Waals surface area (Å²) in [4.78, 5) is 48.9. The quantitative estimate of drug-likeness (QED) is 0.496. The van der Waals surface area contributed by atoms with E-state index in [-0.39, 0.29) is 28.4 Å². The topological polar surface area (TPSA) is 155 Å². The normalized spacial score (nSPS) is 12.2. The number of nitrogens with one attached hydrogen (secondary N) is 1. The van der Waals surface area contributed by atoms with Crippen molar-refractivity contribution in [3.8, 4) is 11.5 Å². The lowest BCUT2D eigenvalue weighted by molar-refractivity contribution is -0.481. The Labute approximate surface area is 183 Å². The van der Waals surface area contributed by atoms with E-state index < -0.39 is 40.3 Å². The second kappa shape index (κ2) is 9.12. The third-order valence-corrected chi connectivity index (χ3v) is 4.61. The molecule has 12 nitrogen and oxygen atoms in total. The second-order valence-electron chi connectivity index (χ2n) is 8.09. The highest BCUT2D eigenvalue weighted by atomic mass is 16.6. The zero-order chi connectivity index (χ0) is 24.4. The summed E-state index contributed by atoms with van der Waals surface area (Å²) in [6.07, 6.45) is -0.940. The Morgan fingerprint density at radius 3 is 2.41 bits per heavy atom. The van der Waals surface area contributed by atoms with Crippen molar-refractivity contribution in [2.24, 2.45) is 14.1 Å². The highest BCUT2D eigenvalue weighted by Crippen LogP contribution is 2.34. The number of aromatic nitrogens is 2. The zero-order valence-electron chi connectivity index (χ0n) is 18.7. The van der Waals surface area contributed by atoms with Crippen molar-refractivity contribution in [2.75, 3.05) is 19.0 Å². The van der Waals surface area contributed by atoms with E-state index in [9.17, 15) is 29.6 Å². The number of hydrogen-bond donors (Lipinski definition) is 2. The molecule has 174 valence electrons. The first-order chi connectivity index (χ1) is 14.8. The molecule has 2 aromatic rings. The lowest BCUT2D eigenvalue weighted by atomic mass is 9.91. The fourth-order valence-corrected chi connectivity index (χ4v) is 3.16. The van der Waals surface area contributed by atoms with Gasteiger partial charge in [0.1, 0.15) is 11.4 Å². The number of methoxy groups -OCH3 is 1. The summed E-state index contributed by atoms with van der Waals surface area (Å²) in [5, 5.41) is 23.8. The molecule has 0 radical (unpaired) electrons. The molecule has 2 rings (SSSR count). The van der Waals surface area contributed by atoms with Gasteiger partial charge >= 0.3 is 11.8 Å². The van der Waals surface area contributed by atoms with Crippen LogP contribution in [-0.4, -0.2) is 44.5 Å². The van der Waals surface area contributed by atoms with Crippen molar-refractivity contribution >= 4 is 11.9 Å². The van der Waals surface area contributed by atoms with Crippen LogP contribution in [0, 0.1) is 10.1 Å². The van der Waals surface area contributed by atoms with Gasteiger partial charge in [-0.05, 0) is 38.5 Å². The number of rotatable bonds is 6. The van der Waals surface area contributed by atoms with Crippen LogP contribution < -0.4 is 21.3 Å². The van der Waals surface area contributed by atoms with E-state index in [1.54, 1.807) is 20.8 Å². The van der Waals surface area contributed by atoms with Crippen LogP contribution in [0.4, 0.5) is 10.6 Å². The molecule has 0 saturated carbocycles. The van der Waals surface area contributed by atoms with Crippen molar-refractivity contribution in [1.82, 2.24) is 9.13 Å². The maximum Gasteiger partial charge on any atom is 0.413 e. The molecule has 0 aliphatic carbocycles. The highest BCUT2D eigenvalue weighted by molar-refractivity contribution is 5.85. The second-order valence-corrected chi connectivity index (χ2v) is 8.09. The van der Waals surface area contributed by atoms with E-state index >= 15 is 0 Å². The van der Waals surface area contributed by atoms with E-state index in [0.717, 1.165) is 9.13 Å². The number of ether oxygens (including phenoxy) is 2. The molecule has 1 heterocycles. The van der Waals surface area contributed by atoms with Crippen LogP contribution in [0.3, 0.4) is 0 Å². The highest BCUT2D eigenvalue weighted by Gasteiger charge is 2.31. The number of nitrogens with zero attached hydrogens (tertiary/aromatic N) is 3. The number of aromatic hydroxyl groups is 1. The average molecular weight is 450 g/mol. The Morgan fingerprint density at radius 1 is 1.25 bits per heavy atom. The van der Waals surface area contributed by atoms with Gasteiger partial charge in [-0.2, -0.15) is 0 Å². The average Bonchev–Trinajstić information content (AvgIpc) is 2.68. The lowest BCUT2D eigenvalue weighted by Gasteiger charge is -2.23. The van der Waals surface area contributed by atoms with Gasteiger partial charge in [-0.1, -0.05) is 6.07 Å². The van der Waals surface area contributed by atoms with E-state index in [4.69, 9.17) is 9.47 Å². The summed E-state index contributed by atoms with van der Waals surface area (Å²) >= 11 is 0.